The number of rotatable bonds is 16. The molecule has 0 amide bonds. The Balaban J connectivity index is 0. The van der Waals surface area contributed by atoms with Gasteiger partial charge in [0.15, 0.2) is 0 Å². The normalized spacial score (nSPS) is 14.2. The van der Waals surface area contributed by atoms with Gasteiger partial charge < -0.3 is 9.66 Å². The molecule has 0 rings (SSSR count). The smallest absolute Gasteiger partial charge is 0.748 e. The molecule has 0 saturated carbocycles. The minimum Gasteiger partial charge on any atom is -0.748 e. The summed E-state index contributed by atoms with van der Waals surface area (Å²) in [6, 6.07) is 0. The van der Waals surface area contributed by atoms with Crippen LogP contribution in [0.2, 0.25) is 0 Å². The van der Waals surface area contributed by atoms with Crippen LogP contribution < -0.4 is 29.6 Å². The van der Waals surface area contributed by atoms with Crippen LogP contribution in [0.5, 0.6) is 0 Å². The number of aliphatic hydroxyl groups excluding tert-OH is 1. The molecular formula is C18H37NaO4S. The van der Waals surface area contributed by atoms with Crippen molar-refractivity contribution in [3.05, 3.63) is 0 Å². The van der Waals surface area contributed by atoms with Crippen LogP contribution in [-0.4, -0.2) is 29.4 Å². The summed E-state index contributed by atoms with van der Waals surface area (Å²) in [6.45, 7) is 4.30. The van der Waals surface area contributed by atoms with Crippen LogP contribution in [0, 0.1) is 0 Å². The summed E-state index contributed by atoms with van der Waals surface area (Å²) >= 11 is 0. The zero-order valence-electron chi connectivity index (χ0n) is 16.1. The number of aliphatic hydroxyl groups is 1. The van der Waals surface area contributed by atoms with Gasteiger partial charge in [0.2, 0.25) is 0 Å². The van der Waals surface area contributed by atoms with E-state index < -0.39 is 21.5 Å². The summed E-state index contributed by atoms with van der Waals surface area (Å²) < 4.78 is 34.2. The molecule has 0 radical (unpaired) electrons. The molecule has 24 heavy (non-hydrogen) atoms. The summed E-state index contributed by atoms with van der Waals surface area (Å²) in [5.41, 5.74) is 0. The fraction of sp³-hybridized carbons (Fsp3) is 1.00. The van der Waals surface area contributed by atoms with Crippen LogP contribution in [0.3, 0.4) is 0 Å². The predicted molar refractivity (Wildman–Crippen MR) is 95.5 cm³/mol. The van der Waals surface area contributed by atoms with E-state index in [0.29, 0.717) is 19.3 Å². The van der Waals surface area contributed by atoms with Crippen LogP contribution in [0.1, 0.15) is 104 Å². The molecule has 0 bridgehead atoms. The van der Waals surface area contributed by atoms with Crippen molar-refractivity contribution in [1.82, 2.24) is 0 Å². The van der Waals surface area contributed by atoms with Crippen LogP contribution in [0.4, 0.5) is 0 Å². The monoisotopic (exact) mass is 372 g/mol. The fourth-order valence-electron chi connectivity index (χ4n) is 2.97. The first-order valence-corrected chi connectivity index (χ1v) is 11.0. The molecule has 0 heterocycles. The van der Waals surface area contributed by atoms with Crippen molar-refractivity contribution in [3.8, 4) is 0 Å². The van der Waals surface area contributed by atoms with Crippen molar-refractivity contribution in [3.63, 3.8) is 0 Å². The summed E-state index contributed by atoms with van der Waals surface area (Å²) in [4.78, 5) is 0. The van der Waals surface area contributed by atoms with Gasteiger partial charge in [-0.25, -0.2) is 8.42 Å². The molecule has 0 aromatic rings. The summed E-state index contributed by atoms with van der Waals surface area (Å²) in [7, 11) is -4.41. The van der Waals surface area contributed by atoms with E-state index in [1.54, 1.807) is 0 Å². The van der Waals surface area contributed by atoms with E-state index in [0.717, 1.165) is 44.9 Å². The molecule has 0 fully saturated rings. The molecule has 2 unspecified atom stereocenters. The van der Waals surface area contributed by atoms with Gasteiger partial charge in [-0.1, -0.05) is 90.9 Å². The zero-order chi connectivity index (χ0) is 17.6. The van der Waals surface area contributed by atoms with E-state index in [1.807, 2.05) is 0 Å². The van der Waals surface area contributed by atoms with Gasteiger partial charge in [-0.15, -0.1) is 0 Å². The van der Waals surface area contributed by atoms with Gasteiger partial charge in [-0.2, -0.15) is 0 Å². The number of unbranched alkanes of at least 4 members (excludes halogenated alkanes) is 10. The maximum absolute atomic E-state index is 11.4. The van der Waals surface area contributed by atoms with Gasteiger partial charge in [0.25, 0.3) is 0 Å². The van der Waals surface area contributed by atoms with Gasteiger partial charge in [-0.05, 0) is 12.8 Å². The van der Waals surface area contributed by atoms with Crippen LogP contribution >= 0.6 is 0 Å². The van der Waals surface area contributed by atoms with Crippen molar-refractivity contribution < 1.29 is 47.6 Å². The third kappa shape index (κ3) is 15.2. The Kier molecular flexibility index (Phi) is 19.5. The van der Waals surface area contributed by atoms with Crippen LogP contribution in [-0.2, 0) is 10.1 Å². The predicted octanol–water partition coefficient (Wildman–Crippen LogP) is 1.77. The van der Waals surface area contributed by atoms with Gasteiger partial charge >= 0.3 is 29.6 Å². The minimum absolute atomic E-state index is 0. The van der Waals surface area contributed by atoms with Crippen molar-refractivity contribution >= 4 is 10.1 Å². The SMILES string of the molecule is CCCCCCCCCC(O)C(CCCCCCC)S(=O)(=O)[O-].[Na+]. The third-order valence-electron chi connectivity index (χ3n) is 4.50. The maximum atomic E-state index is 11.4. The first-order valence-electron chi connectivity index (χ1n) is 9.56. The second-order valence-electron chi connectivity index (χ2n) is 6.71. The Morgan fingerprint density at radius 2 is 1.12 bits per heavy atom. The Bertz CT molecular complexity index is 360. The zero-order valence-corrected chi connectivity index (χ0v) is 19.0. The fourth-order valence-corrected chi connectivity index (χ4v) is 3.95. The molecule has 140 valence electrons. The van der Waals surface area contributed by atoms with Crippen molar-refractivity contribution in [2.45, 2.75) is 115 Å². The first kappa shape index (κ1) is 27.1. The van der Waals surface area contributed by atoms with E-state index in [1.165, 1.54) is 25.7 Å². The minimum atomic E-state index is -4.41. The second-order valence-corrected chi connectivity index (χ2v) is 8.30. The molecule has 4 nitrogen and oxygen atoms in total. The molecule has 0 aromatic heterocycles. The Morgan fingerprint density at radius 1 is 0.750 bits per heavy atom. The Morgan fingerprint density at radius 3 is 1.54 bits per heavy atom. The van der Waals surface area contributed by atoms with E-state index in [4.69, 9.17) is 0 Å². The molecule has 0 aromatic carbocycles. The number of hydrogen-bond donors (Lipinski definition) is 1. The summed E-state index contributed by atoms with van der Waals surface area (Å²) in [5, 5.41) is 8.99. The van der Waals surface area contributed by atoms with E-state index in [-0.39, 0.29) is 29.6 Å². The standard InChI is InChI=1S/C18H38O4S.Na/c1-3-5-7-9-10-12-13-15-17(19)18(23(20,21)22)16-14-11-8-6-4-2;/h17-19H,3-16H2,1-2H3,(H,20,21,22);/q;+1/p-1. The molecule has 6 heteroatoms. The van der Waals surface area contributed by atoms with Crippen molar-refractivity contribution in [2.75, 3.05) is 0 Å². The quantitative estimate of drug-likeness (QED) is 0.254. The van der Waals surface area contributed by atoms with E-state index in [2.05, 4.69) is 13.8 Å². The molecule has 0 aliphatic carbocycles. The topological polar surface area (TPSA) is 77.4 Å². The Hall–Kier alpha value is 0.870. The van der Waals surface area contributed by atoms with Gasteiger partial charge in [0.1, 0.15) is 10.1 Å². The summed E-state index contributed by atoms with van der Waals surface area (Å²) in [6.07, 6.45) is 12.5. The van der Waals surface area contributed by atoms with E-state index >= 15 is 0 Å². The molecular weight excluding hydrogens is 335 g/mol. The maximum Gasteiger partial charge on any atom is 1.00 e. The molecule has 1 N–H and O–H groups in total. The van der Waals surface area contributed by atoms with Crippen molar-refractivity contribution in [2.24, 2.45) is 0 Å². The van der Waals surface area contributed by atoms with Gasteiger partial charge in [0.05, 0.1) is 11.4 Å². The Labute approximate surface area is 172 Å². The molecule has 0 aliphatic heterocycles. The first-order chi connectivity index (χ1) is 10.9. The molecule has 0 spiro atoms. The van der Waals surface area contributed by atoms with Gasteiger partial charge in [0, 0.05) is 0 Å². The largest absolute Gasteiger partial charge is 1.00 e. The average molecular weight is 373 g/mol. The third-order valence-corrected chi connectivity index (χ3v) is 5.79. The van der Waals surface area contributed by atoms with Crippen molar-refractivity contribution in [1.29, 1.82) is 0 Å². The molecule has 0 saturated heterocycles. The van der Waals surface area contributed by atoms with Gasteiger partial charge in [-0.3, -0.25) is 0 Å². The van der Waals surface area contributed by atoms with E-state index in [9.17, 15) is 18.1 Å². The van der Waals surface area contributed by atoms with Crippen LogP contribution in [0.25, 0.3) is 0 Å². The molecule has 0 aliphatic rings. The second kappa shape index (κ2) is 17.3. The molecule has 2 atom stereocenters. The number of hydrogen-bond acceptors (Lipinski definition) is 4. The van der Waals surface area contributed by atoms with Crippen LogP contribution in [0.15, 0.2) is 0 Å². The summed E-state index contributed by atoms with van der Waals surface area (Å²) in [5.74, 6) is 0. The average Bonchev–Trinajstić information content (AvgIpc) is 2.48.